The second-order valence-corrected chi connectivity index (χ2v) is 4.49. The second kappa shape index (κ2) is 7.33. The Morgan fingerprint density at radius 1 is 1.24 bits per heavy atom. The maximum atomic E-state index is 5.79. The first kappa shape index (κ1) is 14.9. The van der Waals surface area contributed by atoms with Crippen LogP contribution in [0.2, 0.25) is 0 Å². The molecule has 0 amide bonds. The van der Waals surface area contributed by atoms with Gasteiger partial charge in [-0.15, -0.1) is 0 Å². The molecule has 0 spiro atoms. The predicted molar refractivity (Wildman–Crippen MR) is 82.8 cm³/mol. The molecule has 0 atom stereocenters. The molecule has 112 valence electrons. The first-order chi connectivity index (χ1) is 10.2. The number of benzene rings is 1. The van der Waals surface area contributed by atoms with Crippen LogP contribution < -0.4 is 20.5 Å². The molecule has 0 fully saturated rings. The van der Waals surface area contributed by atoms with Gasteiger partial charge in [0.1, 0.15) is 5.75 Å². The normalized spacial score (nSPS) is 10.2. The van der Waals surface area contributed by atoms with E-state index in [-0.39, 0.29) is 0 Å². The number of nitrogens with one attached hydrogen (secondary N) is 1. The van der Waals surface area contributed by atoms with E-state index in [1.54, 1.807) is 20.4 Å². The smallest absolute Gasteiger partial charge is 0.224 e. The Hall–Kier alpha value is -2.50. The highest BCUT2D eigenvalue weighted by Gasteiger charge is 2.04. The van der Waals surface area contributed by atoms with Crippen LogP contribution in [0.25, 0.3) is 0 Å². The van der Waals surface area contributed by atoms with Crippen molar-refractivity contribution < 1.29 is 9.47 Å². The van der Waals surface area contributed by atoms with Gasteiger partial charge in [0.25, 0.3) is 0 Å². The summed E-state index contributed by atoms with van der Waals surface area (Å²) in [6, 6.07) is 8.02. The molecule has 3 N–H and O–H groups in total. The number of nitrogens with two attached hydrogens (primary N) is 1. The number of hydrogen-bond donors (Lipinski definition) is 2. The maximum absolute atomic E-state index is 5.79. The molecular weight excluding hydrogens is 268 g/mol. The molecule has 1 heterocycles. The summed E-state index contributed by atoms with van der Waals surface area (Å²) in [6.45, 7) is 0.568. The minimum absolute atomic E-state index is 0.346. The van der Waals surface area contributed by atoms with E-state index in [1.807, 2.05) is 12.1 Å². The fourth-order valence-corrected chi connectivity index (χ4v) is 1.87. The maximum Gasteiger partial charge on any atom is 0.224 e. The quantitative estimate of drug-likeness (QED) is 0.759. The van der Waals surface area contributed by atoms with Gasteiger partial charge in [-0.1, -0.05) is 12.1 Å². The minimum Gasteiger partial charge on any atom is -0.497 e. The zero-order chi connectivity index (χ0) is 15.1. The third-order valence-electron chi connectivity index (χ3n) is 3.03. The zero-order valence-electron chi connectivity index (χ0n) is 12.3. The van der Waals surface area contributed by atoms with Crippen LogP contribution in [0.15, 0.2) is 30.5 Å². The molecule has 21 heavy (non-hydrogen) atoms. The Bertz CT molecular complexity index is 572. The SMILES string of the molecule is CNc1ncc(OCCCc2ccc(OC)cc2)c(N)n1. The Morgan fingerprint density at radius 2 is 2.00 bits per heavy atom. The van der Waals surface area contributed by atoms with Crippen molar-refractivity contribution in [1.82, 2.24) is 9.97 Å². The highest BCUT2D eigenvalue weighted by atomic mass is 16.5. The Labute approximate surface area is 124 Å². The highest BCUT2D eigenvalue weighted by Crippen LogP contribution is 2.19. The van der Waals surface area contributed by atoms with Crippen LogP contribution >= 0.6 is 0 Å². The summed E-state index contributed by atoms with van der Waals surface area (Å²) >= 11 is 0. The van der Waals surface area contributed by atoms with E-state index in [4.69, 9.17) is 15.2 Å². The lowest BCUT2D eigenvalue weighted by atomic mass is 10.1. The molecule has 0 bridgehead atoms. The van der Waals surface area contributed by atoms with Crippen LogP contribution in [-0.4, -0.2) is 30.7 Å². The molecule has 2 aromatic rings. The summed E-state index contributed by atoms with van der Waals surface area (Å²) in [4.78, 5) is 8.14. The number of methoxy groups -OCH3 is 1. The summed E-state index contributed by atoms with van der Waals surface area (Å²) in [5.41, 5.74) is 7.04. The highest BCUT2D eigenvalue weighted by molar-refractivity contribution is 5.47. The van der Waals surface area contributed by atoms with Crippen LogP contribution in [0.5, 0.6) is 11.5 Å². The summed E-state index contributed by atoms with van der Waals surface area (Å²) in [5.74, 6) is 2.21. The van der Waals surface area contributed by atoms with Crippen molar-refractivity contribution in [3.8, 4) is 11.5 Å². The van der Waals surface area contributed by atoms with E-state index in [0.717, 1.165) is 18.6 Å². The van der Waals surface area contributed by atoms with Gasteiger partial charge in [0.2, 0.25) is 5.95 Å². The Balaban J connectivity index is 1.78. The van der Waals surface area contributed by atoms with Crippen LogP contribution in [-0.2, 0) is 6.42 Å². The van der Waals surface area contributed by atoms with E-state index in [2.05, 4.69) is 27.4 Å². The molecular formula is C15H20N4O2. The van der Waals surface area contributed by atoms with E-state index >= 15 is 0 Å². The van der Waals surface area contributed by atoms with Crippen molar-refractivity contribution in [3.05, 3.63) is 36.0 Å². The minimum atomic E-state index is 0.346. The topological polar surface area (TPSA) is 82.3 Å². The molecule has 0 aliphatic carbocycles. The standard InChI is InChI=1S/C15H20N4O2/c1-17-15-18-10-13(14(16)19-15)21-9-3-4-11-5-7-12(20-2)8-6-11/h5-8,10H,3-4,9H2,1-2H3,(H3,16,17,18,19). The number of aromatic nitrogens is 2. The Kier molecular flexibility index (Phi) is 5.20. The first-order valence-corrected chi connectivity index (χ1v) is 6.79. The molecule has 6 nitrogen and oxygen atoms in total. The van der Waals surface area contributed by atoms with Crippen LogP contribution in [0.3, 0.4) is 0 Å². The van der Waals surface area contributed by atoms with Gasteiger partial charge in [0, 0.05) is 7.05 Å². The third-order valence-corrected chi connectivity index (χ3v) is 3.03. The molecule has 0 saturated heterocycles. The number of ether oxygens (including phenoxy) is 2. The van der Waals surface area contributed by atoms with Gasteiger partial charge in [-0.3, -0.25) is 0 Å². The second-order valence-electron chi connectivity index (χ2n) is 4.49. The molecule has 0 unspecified atom stereocenters. The molecule has 0 aliphatic rings. The molecule has 6 heteroatoms. The van der Waals surface area contributed by atoms with Crippen molar-refractivity contribution in [1.29, 1.82) is 0 Å². The summed E-state index contributed by atoms with van der Waals surface area (Å²) < 4.78 is 10.7. The lowest BCUT2D eigenvalue weighted by Gasteiger charge is -2.09. The Morgan fingerprint density at radius 3 is 2.62 bits per heavy atom. The van der Waals surface area contributed by atoms with E-state index in [9.17, 15) is 0 Å². The lowest BCUT2D eigenvalue weighted by Crippen LogP contribution is -2.05. The van der Waals surface area contributed by atoms with Crippen LogP contribution in [0.4, 0.5) is 11.8 Å². The predicted octanol–water partition coefficient (Wildman–Crippen LogP) is 2.12. The third kappa shape index (κ3) is 4.24. The number of aryl methyl sites for hydroxylation is 1. The monoisotopic (exact) mass is 288 g/mol. The van der Waals surface area contributed by atoms with E-state index < -0.39 is 0 Å². The largest absolute Gasteiger partial charge is 0.497 e. The molecule has 0 radical (unpaired) electrons. The van der Waals surface area contributed by atoms with Gasteiger partial charge < -0.3 is 20.5 Å². The van der Waals surface area contributed by atoms with Gasteiger partial charge >= 0.3 is 0 Å². The van der Waals surface area contributed by atoms with Crippen molar-refractivity contribution in [2.24, 2.45) is 0 Å². The van der Waals surface area contributed by atoms with Gasteiger partial charge in [-0.2, -0.15) is 4.98 Å². The molecule has 0 aliphatic heterocycles. The number of hydrogen-bond acceptors (Lipinski definition) is 6. The van der Waals surface area contributed by atoms with Gasteiger partial charge in [0.05, 0.1) is 19.9 Å². The molecule has 1 aromatic heterocycles. The van der Waals surface area contributed by atoms with Crippen LogP contribution in [0.1, 0.15) is 12.0 Å². The summed E-state index contributed by atoms with van der Waals surface area (Å²) in [7, 11) is 3.40. The zero-order valence-corrected chi connectivity index (χ0v) is 12.3. The fraction of sp³-hybridized carbons (Fsp3) is 0.333. The van der Waals surface area contributed by atoms with Crippen LogP contribution in [0, 0.1) is 0 Å². The van der Waals surface area contributed by atoms with Crippen molar-refractivity contribution in [2.75, 3.05) is 31.8 Å². The van der Waals surface area contributed by atoms with Gasteiger partial charge in [0.15, 0.2) is 11.6 Å². The van der Waals surface area contributed by atoms with Crippen molar-refractivity contribution >= 4 is 11.8 Å². The average molecular weight is 288 g/mol. The number of anilines is 2. The van der Waals surface area contributed by atoms with Crippen molar-refractivity contribution in [3.63, 3.8) is 0 Å². The number of rotatable bonds is 7. The fourth-order valence-electron chi connectivity index (χ4n) is 1.87. The van der Waals surface area contributed by atoms with Gasteiger partial charge in [-0.25, -0.2) is 4.98 Å². The molecule has 0 saturated carbocycles. The number of nitrogens with zero attached hydrogens (tertiary/aromatic N) is 2. The first-order valence-electron chi connectivity index (χ1n) is 6.79. The molecule has 2 rings (SSSR count). The average Bonchev–Trinajstić information content (AvgIpc) is 2.53. The molecule has 1 aromatic carbocycles. The lowest BCUT2D eigenvalue weighted by molar-refractivity contribution is 0.310. The number of nitrogen functional groups attached to an aromatic ring is 1. The van der Waals surface area contributed by atoms with E-state index in [0.29, 0.717) is 24.1 Å². The van der Waals surface area contributed by atoms with Gasteiger partial charge in [-0.05, 0) is 30.5 Å². The summed E-state index contributed by atoms with van der Waals surface area (Å²) in [5, 5.41) is 2.83. The summed E-state index contributed by atoms with van der Waals surface area (Å²) in [6.07, 6.45) is 3.40. The van der Waals surface area contributed by atoms with Crippen molar-refractivity contribution in [2.45, 2.75) is 12.8 Å². The van der Waals surface area contributed by atoms with E-state index in [1.165, 1.54) is 5.56 Å².